The second-order valence-electron chi connectivity index (χ2n) is 7.01. The van der Waals surface area contributed by atoms with Gasteiger partial charge in [-0.15, -0.1) is 13.2 Å². The minimum absolute atomic E-state index is 0.379. The van der Waals surface area contributed by atoms with Gasteiger partial charge in [-0.2, -0.15) is 5.26 Å². The normalized spacial score (nSPS) is 12.3. The van der Waals surface area contributed by atoms with Gasteiger partial charge in [0.1, 0.15) is 17.6 Å². The highest BCUT2D eigenvalue weighted by Gasteiger charge is 2.30. The smallest absolute Gasteiger partial charge is 0.316 e. The molecule has 4 nitrogen and oxygen atoms in total. The number of carbonyl (C=O) groups is 1. The first-order chi connectivity index (χ1) is 15.5. The zero-order chi connectivity index (χ0) is 22.9. The minimum atomic E-state index is -1.10. The van der Waals surface area contributed by atoms with Gasteiger partial charge in [0.15, 0.2) is 0 Å². The standard InChI is InChI=1S/C27H22ClNO3/c1-3-19(4-2)26(20-13-15-22(28)16-14-20)27(30)32-25(18-29)21-9-8-12-24(17-21)31-23-10-6-5-7-11-23/h3-17,19,25-26H,1-2H2. The molecular formula is C27H22ClNO3. The average molecular weight is 444 g/mol. The second-order valence-corrected chi connectivity index (χ2v) is 7.45. The molecule has 2 unspecified atom stereocenters. The van der Waals surface area contributed by atoms with Crippen molar-refractivity contribution in [3.8, 4) is 17.6 Å². The third-order valence-electron chi connectivity index (χ3n) is 4.90. The maximum atomic E-state index is 13.2. The van der Waals surface area contributed by atoms with Crippen molar-refractivity contribution in [3.63, 3.8) is 0 Å². The molecule has 0 fully saturated rings. The van der Waals surface area contributed by atoms with Gasteiger partial charge in [0.05, 0.1) is 5.92 Å². The lowest BCUT2D eigenvalue weighted by molar-refractivity contribution is -0.149. The van der Waals surface area contributed by atoms with E-state index in [1.165, 1.54) is 0 Å². The van der Waals surface area contributed by atoms with E-state index in [1.54, 1.807) is 60.7 Å². The summed E-state index contributed by atoms with van der Waals surface area (Å²) < 4.78 is 11.5. The van der Waals surface area contributed by atoms with Crippen LogP contribution in [0.15, 0.2) is 104 Å². The number of esters is 1. The highest BCUT2D eigenvalue weighted by molar-refractivity contribution is 6.30. The summed E-state index contributed by atoms with van der Waals surface area (Å²) in [6.45, 7) is 7.60. The summed E-state index contributed by atoms with van der Waals surface area (Å²) in [6.07, 6.45) is 2.15. The third kappa shape index (κ3) is 5.66. The van der Waals surface area contributed by atoms with Crippen LogP contribution in [0.3, 0.4) is 0 Å². The maximum Gasteiger partial charge on any atom is 0.316 e. The van der Waals surface area contributed by atoms with E-state index in [4.69, 9.17) is 21.1 Å². The van der Waals surface area contributed by atoms with Gasteiger partial charge in [0, 0.05) is 16.5 Å². The van der Waals surface area contributed by atoms with Crippen molar-refractivity contribution >= 4 is 17.6 Å². The van der Waals surface area contributed by atoms with Gasteiger partial charge in [-0.1, -0.05) is 66.2 Å². The van der Waals surface area contributed by atoms with Crippen LogP contribution in [0.2, 0.25) is 5.02 Å². The number of hydrogen-bond donors (Lipinski definition) is 0. The lowest BCUT2D eigenvalue weighted by Gasteiger charge is -2.23. The van der Waals surface area contributed by atoms with E-state index in [2.05, 4.69) is 19.2 Å². The summed E-state index contributed by atoms with van der Waals surface area (Å²) in [5.41, 5.74) is 1.21. The van der Waals surface area contributed by atoms with Gasteiger partial charge >= 0.3 is 5.97 Å². The molecule has 0 aliphatic carbocycles. The number of allylic oxidation sites excluding steroid dienone is 2. The van der Waals surface area contributed by atoms with Crippen LogP contribution in [-0.4, -0.2) is 5.97 Å². The van der Waals surface area contributed by atoms with Crippen molar-refractivity contribution in [1.82, 2.24) is 0 Å². The maximum absolute atomic E-state index is 13.2. The number of halogens is 1. The Labute approximate surface area is 193 Å². The van der Waals surface area contributed by atoms with E-state index in [9.17, 15) is 10.1 Å². The van der Waals surface area contributed by atoms with E-state index in [0.29, 0.717) is 27.6 Å². The first-order valence-corrected chi connectivity index (χ1v) is 10.4. The number of para-hydroxylation sites is 1. The topological polar surface area (TPSA) is 59.3 Å². The summed E-state index contributed by atoms with van der Waals surface area (Å²) >= 11 is 5.99. The van der Waals surface area contributed by atoms with Crippen LogP contribution in [0, 0.1) is 17.2 Å². The fourth-order valence-electron chi connectivity index (χ4n) is 3.28. The van der Waals surface area contributed by atoms with E-state index in [0.717, 1.165) is 0 Å². The first-order valence-electron chi connectivity index (χ1n) is 9.99. The molecule has 0 aliphatic rings. The molecule has 0 radical (unpaired) electrons. The average Bonchev–Trinajstić information content (AvgIpc) is 2.82. The molecule has 0 bridgehead atoms. The van der Waals surface area contributed by atoms with Crippen molar-refractivity contribution in [2.24, 2.45) is 5.92 Å². The Morgan fingerprint density at radius 3 is 2.19 bits per heavy atom. The summed E-state index contributed by atoms with van der Waals surface area (Å²) in [7, 11) is 0. The Morgan fingerprint density at radius 2 is 1.56 bits per heavy atom. The van der Waals surface area contributed by atoms with Gasteiger partial charge in [0.2, 0.25) is 6.10 Å². The molecule has 32 heavy (non-hydrogen) atoms. The van der Waals surface area contributed by atoms with Gasteiger partial charge in [-0.05, 0) is 42.0 Å². The fourth-order valence-corrected chi connectivity index (χ4v) is 3.40. The van der Waals surface area contributed by atoms with Crippen LogP contribution >= 0.6 is 11.6 Å². The Bertz CT molecular complexity index is 1110. The molecule has 2 atom stereocenters. The van der Waals surface area contributed by atoms with Crippen molar-refractivity contribution in [1.29, 1.82) is 5.26 Å². The number of nitriles is 1. The number of benzene rings is 3. The fraction of sp³-hybridized carbons (Fsp3) is 0.111. The summed E-state index contributed by atoms with van der Waals surface area (Å²) in [5, 5.41) is 10.3. The van der Waals surface area contributed by atoms with Crippen molar-refractivity contribution < 1.29 is 14.3 Å². The molecule has 0 aromatic heterocycles. The molecule has 0 heterocycles. The van der Waals surface area contributed by atoms with Crippen molar-refractivity contribution in [2.45, 2.75) is 12.0 Å². The quantitative estimate of drug-likeness (QED) is 0.263. The Balaban J connectivity index is 1.84. The Morgan fingerprint density at radius 1 is 0.906 bits per heavy atom. The largest absolute Gasteiger partial charge is 0.457 e. The van der Waals surface area contributed by atoms with Crippen LogP contribution in [0.5, 0.6) is 11.5 Å². The van der Waals surface area contributed by atoms with Crippen molar-refractivity contribution in [3.05, 3.63) is 120 Å². The number of nitrogens with zero attached hydrogens (tertiary/aromatic N) is 1. The number of ether oxygens (including phenoxy) is 2. The van der Waals surface area contributed by atoms with E-state index in [1.807, 2.05) is 30.3 Å². The third-order valence-corrected chi connectivity index (χ3v) is 5.16. The Kier molecular flexibility index (Phi) is 7.85. The van der Waals surface area contributed by atoms with E-state index in [-0.39, 0.29) is 5.92 Å². The molecule has 0 saturated heterocycles. The molecule has 3 aromatic carbocycles. The SMILES string of the molecule is C=CC(C=C)C(C(=O)OC(C#N)c1cccc(Oc2ccccc2)c1)c1ccc(Cl)cc1. The molecule has 0 N–H and O–H groups in total. The lowest BCUT2D eigenvalue weighted by atomic mass is 9.86. The van der Waals surface area contributed by atoms with Gasteiger partial charge < -0.3 is 9.47 Å². The van der Waals surface area contributed by atoms with Gasteiger partial charge in [0.25, 0.3) is 0 Å². The van der Waals surface area contributed by atoms with Crippen LogP contribution in [0.25, 0.3) is 0 Å². The zero-order valence-corrected chi connectivity index (χ0v) is 18.1. The van der Waals surface area contributed by atoms with Gasteiger partial charge in [-0.3, -0.25) is 4.79 Å². The predicted octanol–water partition coefficient (Wildman–Crippen LogP) is 7.01. The zero-order valence-electron chi connectivity index (χ0n) is 17.4. The first kappa shape index (κ1) is 22.9. The molecule has 3 aromatic rings. The molecule has 160 valence electrons. The van der Waals surface area contributed by atoms with Crippen LogP contribution in [0.4, 0.5) is 0 Å². The van der Waals surface area contributed by atoms with Crippen LogP contribution in [-0.2, 0) is 9.53 Å². The van der Waals surface area contributed by atoms with E-state index < -0.39 is 18.0 Å². The van der Waals surface area contributed by atoms with Crippen molar-refractivity contribution in [2.75, 3.05) is 0 Å². The molecular weight excluding hydrogens is 422 g/mol. The van der Waals surface area contributed by atoms with E-state index >= 15 is 0 Å². The number of hydrogen-bond acceptors (Lipinski definition) is 4. The second kappa shape index (κ2) is 11.0. The summed E-state index contributed by atoms with van der Waals surface area (Å²) in [4.78, 5) is 13.2. The molecule has 3 rings (SSSR count). The molecule has 0 spiro atoms. The Hall–Kier alpha value is -3.81. The molecule has 0 saturated carbocycles. The number of carbonyl (C=O) groups excluding carboxylic acids is 1. The number of rotatable bonds is 9. The predicted molar refractivity (Wildman–Crippen MR) is 125 cm³/mol. The summed E-state index contributed by atoms with van der Waals surface area (Å²) in [5.74, 6) is -0.442. The monoisotopic (exact) mass is 443 g/mol. The summed E-state index contributed by atoms with van der Waals surface area (Å²) in [6, 6.07) is 25.2. The highest BCUT2D eigenvalue weighted by atomic mass is 35.5. The molecule has 0 amide bonds. The molecule has 0 aliphatic heterocycles. The van der Waals surface area contributed by atoms with Crippen LogP contribution < -0.4 is 4.74 Å². The lowest BCUT2D eigenvalue weighted by Crippen LogP contribution is -2.23. The van der Waals surface area contributed by atoms with Crippen LogP contribution in [0.1, 0.15) is 23.1 Å². The van der Waals surface area contributed by atoms with Gasteiger partial charge in [-0.25, -0.2) is 0 Å². The minimum Gasteiger partial charge on any atom is -0.457 e. The molecule has 5 heteroatoms. The highest BCUT2D eigenvalue weighted by Crippen LogP contribution is 2.32.